The van der Waals surface area contributed by atoms with Crippen molar-refractivity contribution in [1.29, 1.82) is 0 Å². The summed E-state index contributed by atoms with van der Waals surface area (Å²) in [4.78, 5) is 8.32. The van der Waals surface area contributed by atoms with Crippen LogP contribution >= 0.6 is 23.2 Å². The highest BCUT2D eigenvalue weighted by Crippen LogP contribution is 2.30. The minimum atomic E-state index is -0.0112. The average molecular weight is 308 g/mol. The van der Waals surface area contributed by atoms with E-state index in [-0.39, 0.29) is 22.5 Å². The summed E-state index contributed by atoms with van der Waals surface area (Å²) in [5.74, 6) is 0.543. The van der Waals surface area contributed by atoms with E-state index in [1.165, 1.54) is 12.1 Å². The number of aromatic hydroxyl groups is 1. The number of aromatic nitrogens is 3. The highest BCUT2D eigenvalue weighted by molar-refractivity contribution is 6.33. The Bertz CT molecular complexity index is 774. The van der Waals surface area contributed by atoms with Crippen LogP contribution in [0.15, 0.2) is 41.1 Å². The van der Waals surface area contributed by atoms with Crippen LogP contribution in [0.3, 0.4) is 0 Å². The van der Waals surface area contributed by atoms with Gasteiger partial charge in [-0.2, -0.15) is 4.98 Å². The molecule has 0 fully saturated rings. The quantitative estimate of drug-likeness (QED) is 0.779. The zero-order valence-corrected chi connectivity index (χ0v) is 11.4. The molecular weight excluding hydrogens is 301 g/mol. The van der Waals surface area contributed by atoms with Gasteiger partial charge in [0.25, 0.3) is 5.89 Å². The Morgan fingerprint density at radius 3 is 2.70 bits per heavy atom. The number of benzene rings is 1. The van der Waals surface area contributed by atoms with Crippen molar-refractivity contribution in [3.63, 3.8) is 0 Å². The molecule has 2 heterocycles. The molecule has 3 aromatic rings. The molecule has 0 atom stereocenters. The maximum absolute atomic E-state index is 9.38. The number of hydrogen-bond acceptors (Lipinski definition) is 5. The lowest BCUT2D eigenvalue weighted by atomic mass is 10.2. The van der Waals surface area contributed by atoms with E-state index in [2.05, 4.69) is 15.1 Å². The van der Waals surface area contributed by atoms with Gasteiger partial charge in [-0.3, -0.25) is 4.98 Å². The zero-order chi connectivity index (χ0) is 14.1. The maximum atomic E-state index is 9.38. The molecule has 1 N–H and O–H groups in total. The predicted octanol–water partition coefficient (Wildman–Crippen LogP) is 3.81. The van der Waals surface area contributed by atoms with Gasteiger partial charge in [-0.15, -0.1) is 0 Å². The normalized spacial score (nSPS) is 10.7. The molecule has 0 saturated heterocycles. The number of nitrogens with zero attached hydrogens (tertiary/aromatic N) is 3. The van der Waals surface area contributed by atoms with Crippen molar-refractivity contribution in [3.8, 4) is 28.7 Å². The molecule has 0 saturated carbocycles. The standard InChI is InChI=1S/C13H7Cl2N3O2/c14-8-2-1-5-16-11(8)12-17-13(20-18-12)7-3-4-10(19)9(15)6-7/h1-6,19H. The van der Waals surface area contributed by atoms with Crippen molar-refractivity contribution in [2.45, 2.75) is 0 Å². The summed E-state index contributed by atoms with van der Waals surface area (Å²) >= 11 is 11.9. The van der Waals surface area contributed by atoms with E-state index in [0.717, 1.165) is 0 Å². The molecule has 0 radical (unpaired) electrons. The molecule has 3 rings (SSSR count). The lowest BCUT2D eigenvalue weighted by Gasteiger charge is -1.98. The van der Waals surface area contributed by atoms with Crippen molar-refractivity contribution in [2.24, 2.45) is 0 Å². The van der Waals surface area contributed by atoms with Crippen LogP contribution in [0.5, 0.6) is 5.75 Å². The largest absolute Gasteiger partial charge is 0.506 e. The van der Waals surface area contributed by atoms with E-state index in [1.807, 2.05) is 0 Å². The first-order valence-electron chi connectivity index (χ1n) is 5.58. The van der Waals surface area contributed by atoms with Crippen LogP contribution in [-0.4, -0.2) is 20.2 Å². The number of halogens is 2. The summed E-state index contributed by atoms with van der Waals surface area (Å²) in [5, 5.41) is 13.9. The number of phenols is 1. The van der Waals surface area contributed by atoms with Crippen molar-refractivity contribution in [3.05, 3.63) is 46.6 Å². The van der Waals surface area contributed by atoms with Gasteiger partial charge in [0.1, 0.15) is 11.4 Å². The van der Waals surface area contributed by atoms with Crippen LogP contribution in [0.2, 0.25) is 10.0 Å². The molecule has 7 heteroatoms. The first-order chi connectivity index (χ1) is 9.65. The lowest BCUT2D eigenvalue weighted by molar-refractivity contribution is 0.432. The Kier molecular flexibility index (Phi) is 3.30. The topological polar surface area (TPSA) is 72.0 Å². The molecule has 2 aromatic heterocycles. The van der Waals surface area contributed by atoms with Crippen molar-refractivity contribution in [2.75, 3.05) is 0 Å². The number of phenolic OH excluding ortho intramolecular Hbond substituents is 1. The minimum absolute atomic E-state index is 0.0112. The smallest absolute Gasteiger partial charge is 0.258 e. The monoisotopic (exact) mass is 307 g/mol. The Morgan fingerprint density at radius 2 is 1.95 bits per heavy atom. The SMILES string of the molecule is Oc1ccc(-c2nc(-c3ncccc3Cl)no2)cc1Cl. The average Bonchev–Trinajstić information content (AvgIpc) is 2.92. The van der Waals surface area contributed by atoms with Crippen molar-refractivity contribution in [1.82, 2.24) is 15.1 Å². The Hall–Kier alpha value is -2.11. The van der Waals surface area contributed by atoms with E-state index in [1.54, 1.807) is 24.4 Å². The molecule has 0 aliphatic rings. The second kappa shape index (κ2) is 5.11. The van der Waals surface area contributed by atoms with Crippen LogP contribution in [0.25, 0.3) is 23.0 Å². The van der Waals surface area contributed by atoms with Gasteiger partial charge < -0.3 is 9.63 Å². The summed E-state index contributed by atoms with van der Waals surface area (Å²) in [6.07, 6.45) is 1.59. The molecule has 20 heavy (non-hydrogen) atoms. The van der Waals surface area contributed by atoms with E-state index < -0.39 is 0 Å². The van der Waals surface area contributed by atoms with Crippen LogP contribution in [0.1, 0.15) is 0 Å². The molecule has 0 spiro atoms. The molecule has 0 unspecified atom stereocenters. The van der Waals surface area contributed by atoms with E-state index >= 15 is 0 Å². The number of pyridine rings is 1. The predicted molar refractivity (Wildman–Crippen MR) is 74.6 cm³/mol. The van der Waals surface area contributed by atoms with Gasteiger partial charge in [-0.25, -0.2) is 0 Å². The number of rotatable bonds is 2. The molecule has 0 bridgehead atoms. The highest BCUT2D eigenvalue weighted by Gasteiger charge is 2.14. The second-order valence-electron chi connectivity index (χ2n) is 3.92. The molecule has 0 aliphatic carbocycles. The molecule has 0 aliphatic heterocycles. The molecule has 100 valence electrons. The third-order valence-electron chi connectivity index (χ3n) is 2.59. The van der Waals surface area contributed by atoms with Crippen LogP contribution in [0.4, 0.5) is 0 Å². The van der Waals surface area contributed by atoms with Gasteiger partial charge in [0.05, 0.1) is 10.0 Å². The fraction of sp³-hybridized carbons (Fsp3) is 0. The summed E-state index contributed by atoms with van der Waals surface area (Å²) < 4.78 is 5.15. The summed E-state index contributed by atoms with van der Waals surface area (Å²) in [7, 11) is 0. The highest BCUT2D eigenvalue weighted by atomic mass is 35.5. The van der Waals surface area contributed by atoms with Crippen LogP contribution in [-0.2, 0) is 0 Å². The fourth-order valence-corrected chi connectivity index (χ4v) is 2.01. The maximum Gasteiger partial charge on any atom is 0.258 e. The third-order valence-corrected chi connectivity index (χ3v) is 3.20. The first kappa shape index (κ1) is 12.9. The van der Waals surface area contributed by atoms with E-state index in [0.29, 0.717) is 16.3 Å². The Labute approximate surface area is 123 Å². The van der Waals surface area contributed by atoms with E-state index in [4.69, 9.17) is 27.7 Å². The molecular formula is C13H7Cl2N3O2. The van der Waals surface area contributed by atoms with Gasteiger partial charge in [-0.1, -0.05) is 28.4 Å². The van der Waals surface area contributed by atoms with Crippen molar-refractivity contribution >= 4 is 23.2 Å². The summed E-state index contributed by atoms with van der Waals surface area (Å²) in [6, 6.07) is 8.02. The third kappa shape index (κ3) is 2.33. The molecule has 5 nitrogen and oxygen atoms in total. The van der Waals surface area contributed by atoms with Gasteiger partial charge in [-0.05, 0) is 30.3 Å². The van der Waals surface area contributed by atoms with Crippen LogP contribution in [0, 0.1) is 0 Å². The first-order valence-corrected chi connectivity index (χ1v) is 6.34. The molecule has 1 aromatic carbocycles. The summed E-state index contributed by atoms with van der Waals surface area (Å²) in [6.45, 7) is 0. The summed E-state index contributed by atoms with van der Waals surface area (Å²) in [5.41, 5.74) is 1.03. The van der Waals surface area contributed by atoms with Gasteiger partial charge in [0.15, 0.2) is 0 Å². The van der Waals surface area contributed by atoms with Gasteiger partial charge in [0, 0.05) is 11.8 Å². The second-order valence-corrected chi connectivity index (χ2v) is 4.74. The van der Waals surface area contributed by atoms with Crippen molar-refractivity contribution < 1.29 is 9.63 Å². The van der Waals surface area contributed by atoms with E-state index in [9.17, 15) is 5.11 Å². The minimum Gasteiger partial charge on any atom is -0.506 e. The Balaban J connectivity index is 2.02. The van der Waals surface area contributed by atoms with Crippen LogP contribution < -0.4 is 0 Å². The lowest BCUT2D eigenvalue weighted by Crippen LogP contribution is -1.86. The Morgan fingerprint density at radius 1 is 1.10 bits per heavy atom. The van der Waals surface area contributed by atoms with Gasteiger partial charge >= 0.3 is 0 Å². The molecule has 0 amide bonds. The number of hydrogen-bond donors (Lipinski definition) is 1. The fourth-order valence-electron chi connectivity index (χ4n) is 1.63. The van der Waals surface area contributed by atoms with Gasteiger partial charge in [0.2, 0.25) is 5.82 Å². The zero-order valence-electron chi connectivity index (χ0n) is 9.92.